The number of H-pyrrole nitrogens is 1. The molecule has 0 bridgehead atoms. The van der Waals surface area contributed by atoms with Crippen LogP contribution in [0.3, 0.4) is 0 Å². The van der Waals surface area contributed by atoms with Crippen molar-refractivity contribution in [3.05, 3.63) is 17.3 Å². The maximum atomic E-state index is 9.54. The van der Waals surface area contributed by atoms with Crippen LogP contribution in [0.25, 0.3) is 11.2 Å². The van der Waals surface area contributed by atoms with Gasteiger partial charge in [0.05, 0.1) is 19.3 Å². The standard InChI is InChI=1S/C13H16N4O4S/c1-13(2)20-8-6(3-18)19-12(9(8)21-13)17-5-16-7-10(17)14-4-15-11(7)22/h4-6,8-9,12,18H,3H2,1-2H3,(H,14,15,22)/t6-,8-,9+,12+/m0/s1. The van der Waals surface area contributed by atoms with Crippen molar-refractivity contribution < 1.29 is 19.3 Å². The van der Waals surface area contributed by atoms with Gasteiger partial charge in [-0.2, -0.15) is 0 Å². The van der Waals surface area contributed by atoms with Crippen LogP contribution in [0.1, 0.15) is 20.1 Å². The highest BCUT2D eigenvalue weighted by molar-refractivity contribution is 7.71. The number of imidazole rings is 1. The van der Waals surface area contributed by atoms with Crippen molar-refractivity contribution in [2.75, 3.05) is 6.61 Å². The van der Waals surface area contributed by atoms with E-state index in [0.717, 1.165) is 0 Å². The van der Waals surface area contributed by atoms with E-state index in [1.165, 1.54) is 6.33 Å². The molecule has 2 aliphatic rings. The van der Waals surface area contributed by atoms with Gasteiger partial charge in [0.15, 0.2) is 16.7 Å². The van der Waals surface area contributed by atoms with Gasteiger partial charge in [-0.1, -0.05) is 12.2 Å². The van der Waals surface area contributed by atoms with E-state index in [-0.39, 0.29) is 18.8 Å². The summed E-state index contributed by atoms with van der Waals surface area (Å²) in [6.45, 7) is 3.56. The Labute approximate surface area is 131 Å². The van der Waals surface area contributed by atoms with Gasteiger partial charge in [0, 0.05) is 0 Å². The van der Waals surface area contributed by atoms with Crippen molar-refractivity contribution in [1.82, 2.24) is 19.5 Å². The number of aliphatic hydroxyl groups excluding tert-OH is 1. The lowest BCUT2D eigenvalue weighted by Crippen LogP contribution is -2.31. The topological polar surface area (TPSA) is 94.4 Å². The minimum absolute atomic E-state index is 0.138. The van der Waals surface area contributed by atoms with Gasteiger partial charge >= 0.3 is 0 Å². The molecule has 4 heterocycles. The highest BCUT2D eigenvalue weighted by Gasteiger charge is 2.55. The minimum atomic E-state index is -0.713. The van der Waals surface area contributed by atoms with Crippen LogP contribution in [-0.4, -0.2) is 55.3 Å². The molecule has 0 saturated carbocycles. The Balaban J connectivity index is 1.78. The molecular formula is C13H16N4O4S. The van der Waals surface area contributed by atoms with E-state index in [4.69, 9.17) is 26.4 Å². The van der Waals surface area contributed by atoms with Crippen molar-refractivity contribution in [3.8, 4) is 0 Å². The monoisotopic (exact) mass is 324 g/mol. The largest absolute Gasteiger partial charge is 0.394 e. The predicted molar refractivity (Wildman–Crippen MR) is 77.5 cm³/mol. The summed E-state index contributed by atoms with van der Waals surface area (Å²) < 4.78 is 20.0. The molecule has 0 spiro atoms. The molecule has 0 unspecified atom stereocenters. The highest BCUT2D eigenvalue weighted by atomic mass is 32.1. The lowest BCUT2D eigenvalue weighted by atomic mass is 10.1. The Morgan fingerprint density at radius 3 is 2.91 bits per heavy atom. The molecule has 4 rings (SSSR count). The summed E-state index contributed by atoms with van der Waals surface area (Å²) >= 11 is 5.17. The molecule has 0 aliphatic carbocycles. The van der Waals surface area contributed by atoms with Crippen LogP contribution in [0.5, 0.6) is 0 Å². The van der Waals surface area contributed by atoms with E-state index in [2.05, 4.69) is 15.0 Å². The zero-order chi connectivity index (χ0) is 15.5. The van der Waals surface area contributed by atoms with Gasteiger partial charge in [0.2, 0.25) is 0 Å². The maximum Gasteiger partial charge on any atom is 0.166 e. The number of aromatic nitrogens is 4. The fourth-order valence-corrected chi connectivity index (χ4v) is 3.30. The Morgan fingerprint density at radius 1 is 1.36 bits per heavy atom. The van der Waals surface area contributed by atoms with Gasteiger partial charge < -0.3 is 24.3 Å². The van der Waals surface area contributed by atoms with E-state index < -0.39 is 18.1 Å². The van der Waals surface area contributed by atoms with Crippen molar-refractivity contribution in [2.24, 2.45) is 0 Å². The average Bonchev–Trinajstić information content (AvgIpc) is 3.10. The number of hydrogen-bond donors (Lipinski definition) is 2. The Bertz CT molecular complexity index is 773. The summed E-state index contributed by atoms with van der Waals surface area (Å²) in [6, 6.07) is 0. The Hall–Kier alpha value is -1.39. The van der Waals surface area contributed by atoms with E-state index in [0.29, 0.717) is 15.8 Å². The SMILES string of the molecule is CC1(C)O[C@@H]2[C@@H](O1)[C@H](n1cnc3c(=S)nc[nH]c31)O[C@H]2CO. The smallest absolute Gasteiger partial charge is 0.166 e. The van der Waals surface area contributed by atoms with Crippen molar-refractivity contribution in [1.29, 1.82) is 0 Å². The number of aliphatic hydroxyl groups is 1. The third kappa shape index (κ3) is 2.01. The molecular weight excluding hydrogens is 308 g/mol. The lowest BCUT2D eigenvalue weighted by molar-refractivity contribution is -0.199. The zero-order valence-corrected chi connectivity index (χ0v) is 12.9. The molecule has 2 fully saturated rings. The van der Waals surface area contributed by atoms with Crippen LogP contribution in [-0.2, 0) is 14.2 Å². The number of aromatic amines is 1. The number of nitrogens with one attached hydrogen (secondary N) is 1. The molecule has 0 amide bonds. The number of rotatable bonds is 2. The summed E-state index contributed by atoms with van der Waals surface area (Å²) in [7, 11) is 0. The molecule has 4 atom stereocenters. The molecule has 22 heavy (non-hydrogen) atoms. The summed E-state index contributed by atoms with van der Waals surface area (Å²) in [4.78, 5) is 11.3. The second kappa shape index (κ2) is 4.80. The lowest BCUT2D eigenvalue weighted by Gasteiger charge is -2.24. The van der Waals surface area contributed by atoms with Crippen LogP contribution in [0.2, 0.25) is 0 Å². The molecule has 0 aromatic carbocycles. The number of fused-ring (bicyclic) bond motifs is 2. The van der Waals surface area contributed by atoms with Crippen LogP contribution in [0, 0.1) is 4.64 Å². The van der Waals surface area contributed by atoms with Crippen LogP contribution < -0.4 is 0 Å². The summed E-state index contributed by atoms with van der Waals surface area (Å²) in [5.41, 5.74) is 1.30. The van der Waals surface area contributed by atoms with Crippen LogP contribution >= 0.6 is 12.2 Å². The molecule has 118 valence electrons. The first kappa shape index (κ1) is 14.2. The van der Waals surface area contributed by atoms with Crippen LogP contribution in [0.15, 0.2) is 12.7 Å². The minimum Gasteiger partial charge on any atom is -0.394 e. The van der Waals surface area contributed by atoms with E-state index in [1.807, 2.05) is 18.4 Å². The summed E-state index contributed by atoms with van der Waals surface area (Å²) in [6.07, 6.45) is 1.59. The van der Waals surface area contributed by atoms with E-state index in [1.54, 1.807) is 6.33 Å². The second-order valence-electron chi connectivity index (χ2n) is 5.87. The molecule has 8 nitrogen and oxygen atoms in total. The first-order chi connectivity index (χ1) is 10.5. The Morgan fingerprint density at radius 2 is 2.14 bits per heavy atom. The van der Waals surface area contributed by atoms with Crippen molar-refractivity contribution in [3.63, 3.8) is 0 Å². The van der Waals surface area contributed by atoms with Crippen molar-refractivity contribution >= 4 is 23.4 Å². The fourth-order valence-electron chi connectivity index (χ4n) is 3.10. The molecule has 2 aromatic rings. The van der Waals surface area contributed by atoms with Gasteiger partial charge in [-0.05, 0) is 13.8 Å². The van der Waals surface area contributed by atoms with Gasteiger partial charge in [0.1, 0.15) is 29.5 Å². The Kier molecular flexibility index (Phi) is 3.10. The second-order valence-corrected chi connectivity index (χ2v) is 6.26. The molecule has 0 radical (unpaired) electrons. The number of hydrogen-bond acceptors (Lipinski definition) is 7. The quantitative estimate of drug-likeness (QED) is 0.793. The molecule has 2 aromatic heterocycles. The number of nitrogens with zero attached hydrogens (tertiary/aromatic N) is 3. The summed E-state index contributed by atoms with van der Waals surface area (Å²) in [5.74, 6) is -0.713. The van der Waals surface area contributed by atoms with Gasteiger partial charge in [-0.15, -0.1) is 0 Å². The first-order valence-corrected chi connectivity index (χ1v) is 7.43. The van der Waals surface area contributed by atoms with Crippen molar-refractivity contribution in [2.45, 2.75) is 44.2 Å². The van der Waals surface area contributed by atoms with Gasteiger partial charge in [-0.25, -0.2) is 9.97 Å². The third-order valence-corrected chi connectivity index (χ3v) is 4.26. The third-order valence-electron chi connectivity index (χ3n) is 3.96. The predicted octanol–water partition coefficient (Wildman–Crippen LogP) is 0.899. The average molecular weight is 324 g/mol. The first-order valence-electron chi connectivity index (χ1n) is 7.02. The molecule has 2 N–H and O–H groups in total. The molecule has 2 saturated heterocycles. The summed E-state index contributed by atoms with van der Waals surface area (Å²) in [5, 5.41) is 9.54. The van der Waals surface area contributed by atoms with E-state index >= 15 is 0 Å². The normalized spacial score (nSPS) is 33.4. The highest BCUT2D eigenvalue weighted by Crippen LogP contribution is 2.43. The molecule has 9 heteroatoms. The zero-order valence-electron chi connectivity index (χ0n) is 12.1. The fraction of sp³-hybridized carbons (Fsp3) is 0.615. The van der Waals surface area contributed by atoms with Gasteiger partial charge in [0.25, 0.3) is 0 Å². The van der Waals surface area contributed by atoms with Gasteiger partial charge in [-0.3, -0.25) is 4.57 Å². The van der Waals surface area contributed by atoms with E-state index in [9.17, 15) is 5.11 Å². The molecule has 2 aliphatic heterocycles. The number of ether oxygens (including phenoxy) is 3. The maximum absolute atomic E-state index is 9.54. The van der Waals surface area contributed by atoms with Crippen LogP contribution in [0.4, 0.5) is 0 Å².